The Labute approximate surface area is 165 Å². The summed E-state index contributed by atoms with van der Waals surface area (Å²) < 4.78 is 72.4. The van der Waals surface area contributed by atoms with Gasteiger partial charge in [0.1, 0.15) is 11.5 Å². The molecule has 10 heteroatoms. The quantitative estimate of drug-likeness (QED) is 0.706. The zero-order valence-electron chi connectivity index (χ0n) is 15.1. The Morgan fingerprint density at radius 3 is 2.55 bits per heavy atom. The SMILES string of the molecule is C=CS(=O)(=O)NCc1cc(-c2ccc(OC(F)(F)F)cc2)c2c(c1CO)CCO2. The van der Waals surface area contributed by atoms with E-state index in [2.05, 4.69) is 16.0 Å². The number of nitrogens with one attached hydrogen (secondary N) is 1. The normalized spacial score (nSPS) is 13.7. The van der Waals surface area contributed by atoms with Crippen molar-refractivity contribution in [3.8, 4) is 22.6 Å². The zero-order chi connectivity index (χ0) is 21.2. The van der Waals surface area contributed by atoms with Crippen molar-refractivity contribution >= 4 is 10.0 Å². The molecule has 1 aliphatic rings. The van der Waals surface area contributed by atoms with Gasteiger partial charge in [0.05, 0.1) is 13.2 Å². The predicted octanol–water partition coefficient (Wildman–Crippen LogP) is 3.24. The summed E-state index contributed by atoms with van der Waals surface area (Å²) in [5.74, 6) is 0.165. The van der Waals surface area contributed by atoms with Crippen LogP contribution in [0.4, 0.5) is 13.2 Å². The molecule has 0 atom stereocenters. The maximum atomic E-state index is 12.4. The molecule has 0 aliphatic carbocycles. The standard InChI is InChI=1S/C19H18F3NO5S/c1-2-29(25,26)23-10-13-9-16(18-15(7-8-27-18)17(13)11-24)12-3-5-14(6-4-12)28-19(20,21)22/h2-6,9,23-24H,1,7-8,10-11H2. The molecule has 2 aromatic carbocycles. The molecule has 0 saturated heterocycles. The second-order valence-corrected chi connectivity index (χ2v) is 7.94. The van der Waals surface area contributed by atoms with Crippen LogP contribution < -0.4 is 14.2 Å². The van der Waals surface area contributed by atoms with Gasteiger partial charge in [0.25, 0.3) is 0 Å². The summed E-state index contributed by atoms with van der Waals surface area (Å²) in [7, 11) is -3.68. The van der Waals surface area contributed by atoms with Gasteiger partial charge in [-0.2, -0.15) is 0 Å². The lowest BCUT2D eigenvalue weighted by molar-refractivity contribution is -0.274. The number of aliphatic hydroxyl groups is 1. The predicted molar refractivity (Wildman–Crippen MR) is 99.6 cm³/mol. The van der Waals surface area contributed by atoms with Gasteiger partial charge >= 0.3 is 6.36 Å². The number of fused-ring (bicyclic) bond motifs is 1. The van der Waals surface area contributed by atoms with Gasteiger partial charge in [-0.25, -0.2) is 13.1 Å². The van der Waals surface area contributed by atoms with Gasteiger partial charge in [-0.15, -0.1) is 13.2 Å². The fraction of sp³-hybridized carbons (Fsp3) is 0.263. The summed E-state index contributed by atoms with van der Waals surface area (Å²) in [6.07, 6.45) is -4.26. The molecule has 0 spiro atoms. The first-order chi connectivity index (χ1) is 13.6. The minimum Gasteiger partial charge on any atom is -0.492 e. The first-order valence-electron chi connectivity index (χ1n) is 8.53. The van der Waals surface area contributed by atoms with Gasteiger partial charge in [0.2, 0.25) is 10.0 Å². The molecular weight excluding hydrogens is 411 g/mol. The molecule has 29 heavy (non-hydrogen) atoms. The highest BCUT2D eigenvalue weighted by Gasteiger charge is 2.31. The number of alkyl halides is 3. The van der Waals surface area contributed by atoms with Crippen molar-refractivity contribution in [3.05, 3.63) is 59.0 Å². The summed E-state index contributed by atoms with van der Waals surface area (Å²) in [5, 5.41) is 10.6. The number of hydrogen-bond acceptors (Lipinski definition) is 5. The van der Waals surface area contributed by atoms with Crippen LogP contribution in [0.15, 0.2) is 42.3 Å². The van der Waals surface area contributed by atoms with Crippen LogP contribution in [0, 0.1) is 0 Å². The number of halogens is 3. The number of aliphatic hydroxyl groups excluding tert-OH is 1. The van der Waals surface area contributed by atoms with Crippen LogP contribution in [0.1, 0.15) is 16.7 Å². The number of benzene rings is 2. The average Bonchev–Trinajstić information content (AvgIpc) is 3.14. The van der Waals surface area contributed by atoms with Crippen molar-refractivity contribution in [1.29, 1.82) is 0 Å². The summed E-state index contributed by atoms with van der Waals surface area (Å²) in [6, 6.07) is 6.93. The smallest absolute Gasteiger partial charge is 0.492 e. The van der Waals surface area contributed by atoms with E-state index >= 15 is 0 Å². The summed E-state index contributed by atoms with van der Waals surface area (Å²) >= 11 is 0. The molecule has 156 valence electrons. The lowest BCUT2D eigenvalue weighted by Gasteiger charge is -2.17. The summed E-state index contributed by atoms with van der Waals surface area (Å²) in [4.78, 5) is 0. The summed E-state index contributed by atoms with van der Waals surface area (Å²) in [5.41, 5.74) is 2.99. The number of rotatable bonds is 7. The topological polar surface area (TPSA) is 84.9 Å². The number of ether oxygens (including phenoxy) is 2. The van der Waals surface area contributed by atoms with Crippen LogP contribution in [0.25, 0.3) is 11.1 Å². The maximum absolute atomic E-state index is 12.4. The molecule has 0 fully saturated rings. The van der Waals surface area contributed by atoms with Gasteiger partial charge in [0.15, 0.2) is 0 Å². The molecule has 0 bridgehead atoms. The Balaban J connectivity index is 2.01. The lowest BCUT2D eigenvalue weighted by atomic mass is 9.92. The van der Waals surface area contributed by atoms with Crippen molar-refractivity contribution in [1.82, 2.24) is 4.72 Å². The van der Waals surface area contributed by atoms with Crippen LogP contribution in [-0.4, -0.2) is 26.5 Å². The Morgan fingerprint density at radius 1 is 1.28 bits per heavy atom. The Morgan fingerprint density at radius 2 is 1.97 bits per heavy atom. The molecule has 0 aromatic heterocycles. The third-order valence-corrected chi connectivity index (χ3v) is 5.41. The number of sulfonamides is 1. The van der Waals surface area contributed by atoms with Crippen molar-refractivity contribution in [2.45, 2.75) is 25.9 Å². The molecule has 1 aliphatic heterocycles. The lowest BCUT2D eigenvalue weighted by Crippen LogP contribution is -2.21. The highest BCUT2D eigenvalue weighted by atomic mass is 32.2. The van der Waals surface area contributed by atoms with Crippen LogP contribution in [0.5, 0.6) is 11.5 Å². The van der Waals surface area contributed by atoms with E-state index in [0.29, 0.717) is 41.0 Å². The molecule has 1 heterocycles. The first kappa shape index (κ1) is 21.2. The van der Waals surface area contributed by atoms with Crippen LogP contribution in [0.2, 0.25) is 0 Å². The Bertz CT molecular complexity index is 1020. The van der Waals surface area contributed by atoms with Gasteiger partial charge in [-0.3, -0.25) is 0 Å². The van der Waals surface area contributed by atoms with Crippen LogP contribution in [0.3, 0.4) is 0 Å². The largest absolute Gasteiger partial charge is 0.573 e. The van der Waals surface area contributed by atoms with E-state index in [0.717, 1.165) is 11.0 Å². The van der Waals surface area contributed by atoms with Crippen LogP contribution >= 0.6 is 0 Å². The highest BCUT2D eigenvalue weighted by molar-refractivity contribution is 7.92. The highest BCUT2D eigenvalue weighted by Crippen LogP contribution is 2.41. The van der Waals surface area contributed by atoms with E-state index in [1.165, 1.54) is 24.3 Å². The molecule has 2 aromatic rings. The van der Waals surface area contributed by atoms with E-state index in [-0.39, 0.29) is 18.9 Å². The monoisotopic (exact) mass is 429 g/mol. The number of hydrogen-bond donors (Lipinski definition) is 2. The average molecular weight is 429 g/mol. The van der Waals surface area contributed by atoms with Gasteiger partial charge < -0.3 is 14.6 Å². The van der Waals surface area contributed by atoms with E-state index in [1.807, 2.05) is 0 Å². The van der Waals surface area contributed by atoms with Crippen LogP contribution in [-0.2, 0) is 29.6 Å². The Kier molecular flexibility index (Phi) is 5.87. The van der Waals surface area contributed by atoms with E-state index in [9.17, 15) is 26.7 Å². The first-order valence-corrected chi connectivity index (χ1v) is 10.1. The van der Waals surface area contributed by atoms with Gasteiger partial charge in [-0.1, -0.05) is 18.7 Å². The second kappa shape index (κ2) is 8.05. The van der Waals surface area contributed by atoms with Crippen molar-refractivity contribution in [2.75, 3.05) is 6.61 Å². The molecule has 0 radical (unpaired) electrons. The second-order valence-electron chi connectivity index (χ2n) is 6.23. The zero-order valence-corrected chi connectivity index (χ0v) is 15.9. The molecule has 0 saturated carbocycles. The molecular formula is C19H18F3NO5S. The third kappa shape index (κ3) is 4.89. The molecule has 6 nitrogen and oxygen atoms in total. The fourth-order valence-corrected chi connectivity index (χ4v) is 3.62. The molecule has 0 unspecified atom stereocenters. The van der Waals surface area contributed by atoms with Gasteiger partial charge in [0, 0.05) is 29.5 Å². The van der Waals surface area contributed by atoms with Crippen molar-refractivity contribution < 1.29 is 36.2 Å². The minimum atomic E-state index is -4.79. The maximum Gasteiger partial charge on any atom is 0.573 e. The molecule has 0 amide bonds. The van der Waals surface area contributed by atoms with E-state index in [1.54, 1.807) is 6.07 Å². The van der Waals surface area contributed by atoms with Gasteiger partial charge in [-0.05, 0) is 34.9 Å². The fourth-order valence-electron chi connectivity index (χ4n) is 3.15. The molecule has 2 N–H and O–H groups in total. The minimum absolute atomic E-state index is 0.0835. The van der Waals surface area contributed by atoms with E-state index < -0.39 is 16.4 Å². The van der Waals surface area contributed by atoms with Crippen molar-refractivity contribution in [3.63, 3.8) is 0 Å². The Hall–Kier alpha value is -2.56. The van der Waals surface area contributed by atoms with E-state index in [4.69, 9.17) is 4.74 Å². The third-order valence-electron chi connectivity index (χ3n) is 4.43. The molecule has 3 rings (SSSR count). The van der Waals surface area contributed by atoms with Crippen molar-refractivity contribution in [2.24, 2.45) is 0 Å². The summed E-state index contributed by atoms with van der Waals surface area (Å²) in [6.45, 7) is 3.22.